The van der Waals surface area contributed by atoms with Crippen molar-refractivity contribution in [1.82, 2.24) is 5.34 Å². The van der Waals surface area contributed by atoms with Gasteiger partial charge in [0, 0.05) is 0 Å². The molecule has 2 unspecified atom stereocenters. The molecular formula is C4H6F3NO3. The minimum atomic E-state index is -4.03. The molecule has 0 aliphatic rings. The van der Waals surface area contributed by atoms with Gasteiger partial charge in [0.25, 0.3) is 0 Å². The molecule has 11 heavy (non-hydrogen) atoms. The second-order valence-electron chi connectivity index (χ2n) is 1.89. The summed E-state index contributed by atoms with van der Waals surface area (Å²) < 4.78 is 35.5. The van der Waals surface area contributed by atoms with Crippen molar-refractivity contribution in [2.45, 2.75) is 18.8 Å². The molecule has 0 saturated heterocycles. The Balaban J connectivity index is 4.67. The zero-order valence-electron chi connectivity index (χ0n) is 5.46. The first kappa shape index (κ1) is 10.2. The molecule has 0 rings (SSSR count). The standard InChI is InChI=1S/C4H6F3NO3/c1-2(9)4(5,3(10)11)8(6)7/h2,9H,1H3,(H,10,11). The first-order valence-electron chi connectivity index (χ1n) is 2.55. The summed E-state index contributed by atoms with van der Waals surface area (Å²) in [7, 11) is 0. The van der Waals surface area contributed by atoms with Crippen molar-refractivity contribution < 1.29 is 28.4 Å². The molecule has 0 saturated carbocycles. The molecule has 2 N–H and O–H groups in total. The number of halogens is 3. The van der Waals surface area contributed by atoms with E-state index in [-0.39, 0.29) is 0 Å². The Labute approximate surface area is 59.7 Å². The van der Waals surface area contributed by atoms with E-state index in [1.807, 2.05) is 0 Å². The van der Waals surface area contributed by atoms with Crippen LogP contribution in [0.4, 0.5) is 13.4 Å². The molecule has 4 nitrogen and oxygen atoms in total. The van der Waals surface area contributed by atoms with E-state index in [0.29, 0.717) is 6.92 Å². The monoisotopic (exact) mass is 173 g/mol. The number of aliphatic hydroxyl groups excluding tert-OH is 1. The summed E-state index contributed by atoms with van der Waals surface area (Å²) in [6, 6.07) is 0. The van der Waals surface area contributed by atoms with E-state index in [0.717, 1.165) is 0 Å². The van der Waals surface area contributed by atoms with Crippen LogP contribution < -0.4 is 0 Å². The first-order chi connectivity index (χ1) is 4.83. The van der Waals surface area contributed by atoms with Crippen molar-refractivity contribution in [1.29, 1.82) is 0 Å². The van der Waals surface area contributed by atoms with E-state index in [2.05, 4.69) is 0 Å². The molecule has 2 atom stereocenters. The maximum absolute atomic E-state index is 12.5. The molecule has 66 valence electrons. The van der Waals surface area contributed by atoms with Crippen LogP contribution in [0.3, 0.4) is 0 Å². The summed E-state index contributed by atoms with van der Waals surface area (Å²) in [4.78, 5) is 9.85. The Hall–Kier alpha value is -0.820. The Kier molecular flexibility index (Phi) is 2.83. The van der Waals surface area contributed by atoms with Crippen LogP contribution in [0.25, 0.3) is 0 Å². The minimum absolute atomic E-state index is 0.611. The van der Waals surface area contributed by atoms with Crippen LogP contribution in [0.15, 0.2) is 0 Å². The second kappa shape index (κ2) is 3.05. The maximum atomic E-state index is 12.5. The average molecular weight is 173 g/mol. The van der Waals surface area contributed by atoms with Gasteiger partial charge in [-0.05, 0) is 6.92 Å². The highest BCUT2D eigenvalue weighted by Crippen LogP contribution is 2.23. The fraction of sp³-hybridized carbons (Fsp3) is 0.750. The number of carboxylic acid groups (broad SMARTS) is 1. The number of carboxylic acids is 1. The van der Waals surface area contributed by atoms with Crippen molar-refractivity contribution >= 4 is 5.97 Å². The molecule has 0 aromatic heterocycles. The molecule has 0 aromatic rings. The quantitative estimate of drug-likeness (QED) is 0.472. The van der Waals surface area contributed by atoms with Gasteiger partial charge in [-0.1, -0.05) is 8.96 Å². The third kappa shape index (κ3) is 1.60. The third-order valence-corrected chi connectivity index (χ3v) is 1.10. The maximum Gasteiger partial charge on any atom is 0.365 e. The summed E-state index contributed by atoms with van der Waals surface area (Å²) >= 11 is 0. The molecule has 0 aliphatic heterocycles. The topological polar surface area (TPSA) is 60.8 Å². The van der Waals surface area contributed by atoms with E-state index in [1.54, 1.807) is 0 Å². The molecule has 0 aliphatic carbocycles. The van der Waals surface area contributed by atoms with Gasteiger partial charge in [-0.2, -0.15) is 0 Å². The number of rotatable bonds is 3. The number of nitrogens with zero attached hydrogens (tertiary/aromatic N) is 1. The van der Waals surface area contributed by atoms with Crippen molar-refractivity contribution in [2.24, 2.45) is 0 Å². The van der Waals surface area contributed by atoms with Gasteiger partial charge in [-0.25, -0.2) is 9.18 Å². The zero-order chi connectivity index (χ0) is 9.23. The summed E-state index contributed by atoms with van der Waals surface area (Å²) in [6.45, 7) is 0.611. The van der Waals surface area contributed by atoms with Crippen molar-refractivity contribution in [3.63, 3.8) is 0 Å². The van der Waals surface area contributed by atoms with E-state index in [1.165, 1.54) is 0 Å². The lowest BCUT2D eigenvalue weighted by Crippen LogP contribution is -2.51. The molecule has 0 radical (unpaired) electrons. The van der Waals surface area contributed by atoms with Crippen LogP contribution in [0.5, 0.6) is 0 Å². The lowest BCUT2D eigenvalue weighted by molar-refractivity contribution is -0.298. The van der Waals surface area contributed by atoms with Crippen molar-refractivity contribution in [3.05, 3.63) is 0 Å². The summed E-state index contributed by atoms with van der Waals surface area (Å²) in [5.74, 6) is -6.46. The third-order valence-electron chi connectivity index (χ3n) is 1.10. The van der Waals surface area contributed by atoms with Crippen LogP contribution in [0, 0.1) is 0 Å². The molecule has 0 fully saturated rings. The molecular weight excluding hydrogens is 167 g/mol. The second-order valence-corrected chi connectivity index (χ2v) is 1.89. The number of carbonyl (C=O) groups is 1. The number of aliphatic carboxylic acids is 1. The molecule has 0 aromatic carbocycles. The number of aliphatic hydroxyl groups is 1. The summed E-state index contributed by atoms with van der Waals surface area (Å²) in [6.07, 6.45) is -2.31. The fourth-order valence-corrected chi connectivity index (χ4v) is 0.392. The SMILES string of the molecule is CC(O)C(F)(C(=O)O)N(F)F. The Morgan fingerprint density at radius 1 is 1.64 bits per heavy atom. The van der Waals surface area contributed by atoms with Gasteiger partial charge in [-0.15, -0.1) is 0 Å². The van der Waals surface area contributed by atoms with E-state index < -0.39 is 23.2 Å². The normalized spacial score (nSPS) is 19.5. The van der Waals surface area contributed by atoms with Crippen LogP contribution >= 0.6 is 0 Å². The lowest BCUT2D eigenvalue weighted by Gasteiger charge is -2.22. The molecule has 0 bridgehead atoms. The van der Waals surface area contributed by atoms with Gasteiger partial charge in [-0.3, -0.25) is 0 Å². The Bertz CT molecular complexity index is 153. The highest BCUT2D eigenvalue weighted by Gasteiger charge is 2.52. The molecule has 7 heteroatoms. The van der Waals surface area contributed by atoms with Gasteiger partial charge in [0.2, 0.25) is 0 Å². The van der Waals surface area contributed by atoms with Gasteiger partial charge >= 0.3 is 11.8 Å². The number of hydrogen-bond acceptors (Lipinski definition) is 3. The van der Waals surface area contributed by atoms with Crippen LogP contribution in [0.2, 0.25) is 0 Å². The summed E-state index contributed by atoms with van der Waals surface area (Å²) in [5.41, 5.74) is 0. The van der Waals surface area contributed by atoms with Crippen molar-refractivity contribution in [2.75, 3.05) is 0 Å². The predicted molar refractivity (Wildman–Crippen MR) is 27.2 cm³/mol. The van der Waals surface area contributed by atoms with E-state index >= 15 is 0 Å². The smallest absolute Gasteiger partial charge is 0.365 e. The lowest BCUT2D eigenvalue weighted by atomic mass is 10.1. The first-order valence-corrected chi connectivity index (χ1v) is 2.55. The van der Waals surface area contributed by atoms with E-state index in [9.17, 15) is 18.1 Å². The fourth-order valence-electron chi connectivity index (χ4n) is 0.392. The largest absolute Gasteiger partial charge is 0.478 e. The average Bonchev–Trinajstić information content (AvgIpc) is 1.84. The number of hydrogen-bond donors (Lipinski definition) is 2. The molecule has 0 spiro atoms. The minimum Gasteiger partial charge on any atom is -0.478 e. The zero-order valence-corrected chi connectivity index (χ0v) is 5.46. The van der Waals surface area contributed by atoms with Gasteiger partial charge in [0.05, 0.1) is 5.34 Å². The van der Waals surface area contributed by atoms with Gasteiger partial charge in [0.1, 0.15) is 6.10 Å². The van der Waals surface area contributed by atoms with E-state index in [4.69, 9.17) is 10.2 Å². The van der Waals surface area contributed by atoms with Crippen molar-refractivity contribution in [3.8, 4) is 0 Å². The number of alkyl halides is 1. The molecule has 0 amide bonds. The van der Waals surface area contributed by atoms with Gasteiger partial charge in [0.15, 0.2) is 0 Å². The molecule has 0 heterocycles. The highest BCUT2D eigenvalue weighted by molar-refractivity contribution is 5.77. The predicted octanol–water partition coefficient (Wildman–Crippen LogP) is 0.189. The Morgan fingerprint density at radius 2 is 2.00 bits per heavy atom. The summed E-state index contributed by atoms with van der Waals surface area (Å²) in [5, 5.41) is 14.1. The van der Waals surface area contributed by atoms with Gasteiger partial charge < -0.3 is 10.2 Å². The van der Waals surface area contributed by atoms with Crippen LogP contribution in [-0.4, -0.2) is 33.4 Å². The highest BCUT2D eigenvalue weighted by atomic mass is 19.4. The van der Waals surface area contributed by atoms with Crippen LogP contribution in [0.1, 0.15) is 6.92 Å². The Morgan fingerprint density at radius 3 is 2.00 bits per heavy atom. The van der Waals surface area contributed by atoms with Crippen LogP contribution in [-0.2, 0) is 4.79 Å².